The summed E-state index contributed by atoms with van der Waals surface area (Å²) < 4.78 is 13.2. The summed E-state index contributed by atoms with van der Waals surface area (Å²) in [6.45, 7) is 4.56. The van der Waals surface area contributed by atoms with Gasteiger partial charge in [-0.25, -0.2) is 4.39 Å². The summed E-state index contributed by atoms with van der Waals surface area (Å²) >= 11 is 0. The first kappa shape index (κ1) is 21.3. The highest BCUT2D eigenvalue weighted by Crippen LogP contribution is 2.25. The van der Waals surface area contributed by atoms with Crippen molar-refractivity contribution in [1.82, 2.24) is 20.1 Å². The first-order valence-electron chi connectivity index (χ1n) is 11.5. The van der Waals surface area contributed by atoms with Crippen molar-refractivity contribution >= 4 is 17.4 Å². The molecular weight excluding hydrogens is 419 g/mol. The van der Waals surface area contributed by atoms with Crippen molar-refractivity contribution in [2.45, 2.75) is 12.8 Å². The molecule has 0 atom stereocenters. The lowest BCUT2D eigenvalue weighted by Crippen LogP contribution is -2.51. The number of benzene rings is 1. The number of rotatable bonds is 4. The van der Waals surface area contributed by atoms with E-state index in [4.69, 9.17) is 0 Å². The van der Waals surface area contributed by atoms with Crippen molar-refractivity contribution in [2.75, 3.05) is 49.1 Å². The molecular formula is C25H27FN6O. The normalized spacial score (nSPS) is 17.3. The Morgan fingerprint density at radius 3 is 2.12 bits per heavy atom. The van der Waals surface area contributed by atoms with Crippen LogP contribution in [0.3, 0.4) is 0 Å². The van der Waals surface area contributed by atoms with Gasteiger partial charge in [-0.05, 0) is 61.4 Å². The van der Waals surface area contributed by atoms with Crippen molar-refractivity contribution in [3.05, 3.63) is 66.7 Å². The Hall–Kier alpha value is -3.55. The third-order valence-electron chi connectivity index (χ3n) is 6.58. The molecule has 8 heteroatoms. The highest BCUT2D eigenvalue weighted by molar-refractivity contribution is 5.79. The lowest BCUT2D eigenvalue weighted by atomic mass is 9.95. The molecule has 2 aromatic heterocycles. The maximum absolute atomic E-state index is 13.2. The third-order valence-corrected chi connectivity index (χ3v) is 6.58. The molecule has 0 radical (unpaired) electrons. The van der Waals surface area contributed by atoms with E-state index < -0.39 is 0 Å². The molecule has 3 aromatic rings. The Morgan fingerprint density at radius 1 is 0.788 bits per heavy atom. The number of halogens is 1. The van der Waals surface area contributed by atoms with Crippen LogP contribution in [0.5, 0.6) is 0 Å². The second kappa shape index (κ2) is 9.52. The molecule has 0 unspecified atom stereocenters. The minimum atomic E-state index is -0.227. The molecule has 33 heavy (non-hydrogen) atoms. The van der Waals surface area contributed by atoms with Gasteiger partial charge in [-0.1, -0.05) is 0 Å². The highest BCUT2D eigenvalue weighted by atomic mass is 19.1. The number of aromatic nitrogens is 3. The summed E-state index contributed by atoms with van der Waals surface area (Å²) in [4.78, 5) is 23.5. The Labute approximate surface area is 192 Å². The molecule has 0 aliphatic carbocycles. The molecule has 4 heterocycles. The monoisotopic (exact) mass is 446 g/mol. The van der Waals surface area contributed by atoms with Gasteiger partial charge < -0.3 is 14.7 Å². The van der Waals surface area contributed by atoms with Gasteiger partial charge in [0.2, 0.25) is 5.91 Å². The molecule has 0 spiro atoms. The smallest absolute Gasteiger partial charge is 0.225 e. The Kier molecular flexibility index (Phi) is 6.15. The molecule has 2 saturated heterocycles. The zero-order valence-corrected chi connectivity index (χ0v) is 18.5. The van der Waals surface area contributed by atoms with Gasteiger partial charge in [0.1, 0.15) is 5.82 Å². The molecule has 1 aromatic carbocycles. The van der Waals surface area contributed by atoms with Gasteiger partial charge >= 0.3 is 0 Å². The second-order valence-electron chi connectivity index (χ2n) is 8.56. The van der Waals surface area contributed by atoms with Crippen molar-refractivity contribution < 1.29 is 9.18 Å². The Bertz CT molecular complexity index is 1060. The molecule has 0 saturated carbocycles. The second-order valence-corrected chi connectivity index (χ2v) is 8.56. The number of nitrogens with zero attached hydrogens (tertiary/aromatic N) is 6. The van der Waals surface area contributed by atoms with Gasteiger partial charge in [0.05, 0.1) is 5.69 Å². The van der Waals surface area contributed by atoms with E-state index in [1.165, 1.54) is 12.1 Å². The molecule has 2 aliphatic heterocycles. The van der Waals surface area contributed by atoms with Crippen LogP contribution in [0.1, 0.15) is 12.8 Å². The number of hydrogen-bond acceptors (Lipinski definition) is 6. The van der Waals surface area contributed by atoms with Gasteiger partial charge in [0.25, 0.3) is 0 Å². The number of carbonyl (C=O) groups is 1. The summed E-state index contributed by atoms with van der Waals surface area (Å²) in [6, 6.07) is 14.4. The number of carbonyl (C=O) groups excluding carboxylic acids is 1. The number of amides is 1. The van der Waals surface area contributed by atoms with Gasteiger partial charge in [-0.2, -0.15) is 0 Å². The van der Waals surface area contributed by atoms with Gasteiger partial charge in [-0.3, -0.25) is 9.78 Å². The number of pyridine rings is 1. The largest absolute Gasteiger partial charge is 0.368 e. The quantitative estimate of drug-likeness (QED) is 0.613. The predicted octanol–water partition coefficient (Wildman–Crippen LogP) is 3.24. The molecule has 0 N–H and O–H groups in total. The van der Waals surface area contributed by atoms with Crippen LogP contribution in [-0.2, 0) is 4.79 Å². The molecule has 170 valence electrons. The molecule has 0 bridgehead atoms. The van der Waals surface area contributed by atoms with Crippen LogP contribution in [0.2, 0.25) is 0 Å². The van der Waals surface area contributed by atoms with Crippen LogP contribution >= 0.6 is 0 Å². The van der Waals surface area contributed by atoms with Crippen LogP contribution in [0.4, 0.5) is 15.9 Å². The number of anilines is 2. The fourth-order valence-electron chi connectivity index (χ4n) is 4.62. The summed E-state index contributed by atoms with van der Waals surface area (Å²) in [5, 5.41) is 8.78. The van der Waals surface area contributed by atoms with E-state index in [2.05, 4.69) is 25.0 Å². The first-order valence-corrected chi connectivity index (χ1v) is 11.5. The van der Waals surface area contributed by atoms with Crippen molar-refractivity contribution in [3.8, 4) is 11.3 Å². The number of piperidine rings is 1. The third kappa shape index (κ3) is 4.79. The predicted molar refractivity (Wildman–Crippen MR) is 125 cm³/mol. The minimum absolute atomic E-state index is 0.0580. The van der Waals surface area contributed by atoms with Gasteiger partial charge in [0.15, 0.2) is 5.82 Å². The minimum Gasteiger partial charge on any atom is -0.368 e. The van der Waals surface area contributed by atoms with Gasteiger partial charge in [-0.15, -0.1) is 10.2 Å². The van der Waals surface area contributed by atoms with Crippen LogP contribution < -0.4 is 9.80 Å². The summed E-state index contributed by atoms with van der Waals surface area (Å²) in [5.74, 6) is 0.941. The molecule has 7 nitrogen and oxygen atoms in total. The lowest BCUT2D eigenvalue weighted by molar-refractivity contribution is -0.136. The van der Waals surface area contributed by atoms with E-state index in [-0.39, 0.29) is 17.6 Å². The van der Waals surface area contributed by atoms with Crippen LogP contribution in [0, 0.1) is 11.7 Å². The van der Waals surface area contributed by atoms with Crippen LogP contribution in [0.25, 0.3) is 11.3 Å². The summed E-state index contributed by atoms with van der Waals surface area (Å²) in [5.41, 5.74) is 2.83. The Morgan fingerprint density at radius 2 is 1.48 bits per heavy atom. The van der Waals surface area contributed by atoms with E-state index in [0.29, 0.717) is 13.1 Å². The maximum Gasteiger partial charge on any atom is 0.225 e. The molecule has 5 rings (SSSR count). The topological polar surface area (TPSA) is 65.5 Å². The fraction of sp³-hybridized carbons (Fsp3) is 0.360. The molecule has 2 fully saturated rings. The van der Waals surface area contributed by atoms with Crippen LogP contribution in [-0.4, -0.2) is 65.3 Å². The van der Waals surface area contributed by atoms with E-state index >= 15 is 0 Å². The van der Waals surface area contributed by atoms with E-state index in [1.54, 1.807) is 24.5 Å². The Balaban J connectivity index is 1.12. The average molecular weight is 447 g/mol. The number of hydrogen-bond donors (Lipinski definition) is 0. The molecule has 2 aliphatic rings. The van der Waals surface area contributed by atoms with E-state index in [0.717, 1.165) is 61.8 Å². The lowest BCUT2D eigenvalue weighted by Gasteiger charge is -2.39. The summed E-state index contributed by atoms with van der Waals surface area (Å²) in [6.07, 6.45) is 5.14. The summed E-state index contributed by atoms with van der Waals surface area (Å²) in [7, 11) is 0. The van der Waals surface area contributed by atoms with E-state index in [9.17, 15) is 9.18 Å². The zero-order chi connectivity index (χ0) is 22.6. The van der Waals surface area contributed by atoms with E-state index in [1.807, 2.05) is 29.2 Å². The fourth-order valence-corrected chi connectivity index (χ4v) is 4.62. The zero-order valence-electron chi connectivity index (χ0n) is 18.5. The van der Waals surface area contributed by atoms with Crippen LogP contribution in [0.15, 0.2) is 60.9 Å². The van der Waals surface area contributed by atoms with Crippen molar-refractivity contribution in [2.24, 2.45) is 5.92 Å². The maximum atomic E-state index is 13.2. The number of piperazine rings is 1. The molecule has 1 amide bonds. The SMILES string of the molecule is O=C(C1CCN(c2ccc(-c3ccncc3)nn2)CC1)N1CCN(c2ccc(F)cc2)CC1. The first-order chi connectivity index (χ1) is 16.2. The standard InChI is InChI=1S/C25H27FN6O/c26-21-1-3-22(4-2-21)30-15-17-32(18-16-30)25(33)20-9-13-31(14-10-20)24-6-5-23(28-29-24)19-7-11-27-12-8-19/h1-8,11-12,20H,9-10,13-18H2. The van der Waals surface area contributed by atoms with Crippen molar-refractivity contribution in [3.63, 3.8) is 0 Å². The van der Waals surface area contributed by atoms with Gasteiger partial charge in [0, 0.05) is 68.8 Å². The average Bonchev–Trinajstić information content (AvgIpc) is 2.90. The highest BCUT2D eigenvalue weighted by Gasteiger charge is 2.31. The van der Waals surface area contributed by atoms with Crippen molar-refractivity contribution in [1.29, 1.82) is 0 Å².